The predicted octanol–water partition coefficient (Wildman–Crippen LogP) is 0.649. The lowest BCUT2D eigenvalue weighted by molar-refractivity contribution is -0.202. The van der Waals surface area contributed by atoms with E-state index in [1.807, 2.05) is 0 Å². The summed E-state index contributed by atoms with van der Waals surface area (Å²) in [5.74, 6) is -4.46. The van der Waals surface area contributed by atoms with Gasteiger partial charge in [-0.05, 0) is 6.42 Å². The van der Waals surface area contributed by atoms with Gasteiger partial charge in [0.25, 0.3) is 0 Å². The van der Waals surface area contributed by atoms with Gasteiger partial charge in [0.1, 0.15) is 0 Å². The SMILES string of the molecule is O=C(O)C(COCCCO)C(F)(F)F. The van der Waals surface area contributed by atoms with Crippen molar-refractivity contribution >= 4 is 5.97 Å². The quantitative estimate of drug-likeness (QED) is 0.639. The number of carbonyl (C=O) groups is 1. The zero-order chi connectivity index (χ0) is 11.2. The molecule has 0 aliphatic rings. The first-order chi connectivity index (χ1) is 6.39. The van der Waals surface area contributed by atoms with Gasteiger partial charge in [0.15, 0.2) is 5.92 Å². The van der Waals surface area contributed by atoms with Crippen LogP contribution in [0.2, 0.25) is 0 Å². The van der Waals surface area contributed by atoms with E-state index in [9.17, 15) is 18.0 Å². The van der Waals surface area contributed by atoms with Crippen LogP contribution < -0.4 is 0 Å². The molecule has 84 valence electrons. The maximum atomic E-state index is 12.0. The second-order valence-electron chi connectivity index (χ2n) is 2.58. The molecule has 0 saturated carbocycles. The highest BCUT2D eigenvalue weighted by atomic mass is 19.4. The largest absolute Gasteiger partial charge is 0.481 e. The minimum absolute atomic E-state index is 0.0869. The van der Waals surface area contributed by atoms with E-state index in [4.69, 9.17) is 10.2 Å². The van der Waals surface area contributed by atoms with Gasteiger partial charge in [-0.25, -0.2) is 0 Å². The van der Waals surface area contributed by atoms with Crippen molar-refractivity contribution in [1.82, 2.24) is 0 Å². The molecule has 0 aromatic carbocycles. The number of aliphatic carboxylic acids is 1. The highest BCUT2D eigenvalue weighted by Gasteiger charge is 2.45. The van der Waals surface area contributed by atoms with E-state index in [0.29, 0.717) is 0 Å². The summed E-state index contributed by atoms with van der Waals surface area (Å²) in [6.07, 6.45) is -4.62. The summed E-state index contributed by atoms with van der Waals surface area (Å²) in [6, 6.07) is 0. The second-order valence-corrected chi connectivity index (χ2v) is 2.58. The Morgan fingerprint density at radius 2 is 2.00 bits per heavy atom. The van der Waals surface area contributed by atoms with Gasteiger partial charge in [-0.3, -0.25) is 4.79 Å². The number of hydrogen-bond donors (Lipinski definition) is 2. The van der Waals surface area contributed by atoms with Crippen LogP contribution in [0.1, 0.15) is 6.42 Å². The van der Waals surface area contributed by atoms with Crippen molar-refractivity contribution < 1.29 is 32.9 Å². The van der Waals surface area contributed by atoms with Gasteiger partial charge in [-0.15, -0.1) is 0 Å². The molecule has 0 fully saturated rings. The van der Waals surface area contributed by atoms with Crippen molar-refractivity contribution in [2.75, 3.05) is 19.8 Å². The molecule has 0 amide bonds. The normalized spacial score (nSPS) is 14.0. The highest BCUT2D eigenvalue weighted by Crippen LogP contribution is 2.26. The van der Waals surface area contributed by atoms with Gasteiger partial charge < -0.3 is 14.9 Å². The van der Waals surface area contributed by atoms with Crippen molar-refractivity contribution in [2.24, 2.45) is 5.92 Å². The van der Waals surface area contributed by atoms with E-state index in [-0.39, 0.29) is 19.6 Å². The van der Waals surface area contributed by atoms with Crippen molar-refractivity contribution in [1.29, 1.82) is 0 Å². The smallest absolute Gasteiger partial charge is 0.404 e. The first-order valence-corrected chi connectivity index (χ1v) is 3.87. The molecule has 7 heteroatoms. The second kappa shape index (κ2) is 5.82. The first kappa shape index (κ1) is 13.2. The predicted molar refractivity (Wildman–Crippen MR) is 39.7 cm³/mol. The molecule has 2 N–H and O–H groups in total. The Labute approximate surface area is 78.3 Å². The van der Waals surface area contributed by atoms with Crippen LogP contribution in [0.15, 0.2) is 0 Å². The van der Waals surface area contributed by atoms with Crippen LogP contribution in [0.5, 0.6) is 0 Å². The molecule has 0 aromatic heterocycles. The summed E-state index contributed by atoms with van der Waals surface area (Å²) in [5.41, 5.74) is 0. The van der Waals surface area contributed by atoms with Crippen LogP contribution in [-0.2, 0) is 9.53 Å². The molecule has 0 aromatic rings. The number of aliphatic hydroxyl groups excluding tert-OH is 1. The minimum Gasteiger partial charge on any atom is -0.481 e. The van der Waals surface area contributed by atoms with Gasteiger partial charge >= 0.3 is 12.1 Å². The molecule has 1 unspecified atom stereocenters. The van der Waals surface area contributed by atoms with E-state index < -0.39 is 24.7 Å². The molecular weight excluding hydrogens is 205 g/mol. The average molecular weight is 216 g/mol. The molecular formula is C7H11F3O4. The fraction of sp³-hybridized carbons (Fsp3) is 0.857. The van der Waals surface area contributed by atoms with Gasteiger partial charge in [0.05, 0.1) is 6.61 Å². The molecule has 0 heterocycles. The van der Waals surface area contributed by atoms with Gasteiger partial charge in [0.2, 0.25) is 0 Å². The number of halogens is 3. The Morgan fingerprint density at radius 1 is 1.43 bits per heavy atom. The summed E-state index contributed by atoms with van der Waals surface area (Å²) in [4.78, 5) is 10.2. The monoisotopic (exact) mass is 216 g/mol. The third-order valence-electron chi connectivity index (χ3n) is 1.42. The summed E-state index contributed by atoms with van der Waals surface area (Å²) in [5, 5.41) is 16.5. The Bertz CT molecular complexity index is 180. The van der Waals surface area contributed by atoms with E-state index in [1.165, 1.54) is 0 Å². The molecule has 0 saturated heterocycles. The third-order valence-corrected chi connectivity index (χ3v) is 1.42. The van der Waals surface area contributed by atoms with Crippen LogP contribution in [0.4, 0.5) is 13.2 Å². The van der Waals surface area contributed by atoms with Crippen LogP contribution in [0, 0.1) is 5.92 Å². The zero-order valence-electron chi connectivity index (χ0n) is 7.25. The summed E-state index contributed by atoms with van der Waals surface area (Å²) < 4.78 is 40.4. The summed E-state index contributed by atoms with van der Waals surface area (Å²) in [6.45, 7) is -1.21. The van der Waals surface area contributed by atoms with Crippen LogP contribution in [0.3, 0.4) is 0 Å². The Hall–Kier alpha value is -0.820. The standard InChI is InChI=1S/C7H11F3O4/c8-7(9,10)5(6(12)13)4-14-3-1-2-11/h5,11H,1-4H2,(H,12,13). The molecule has 4 nitrogen and oxygen atoms in total. The third kappa shape index (κ3) is 5.03. The molecule has 0 bridgehead atoms. The molecule has 0 aliphatic heterocycles. The molecule has 14 heavy (non-hydrogen) atoms. The maximum Gasteiger partial charge on any atom is 0.404 e. The van der Waals surface area contributed by atoms with E-state index in [1.54, 1.807) is 0 Å². The topological polar surface area (TPSA) is 66.8 Å². The van der Waals surface area contributed by atoms with Gasteiger partial charge in [0, 0.05) is 13.2 Å². The summed E-state index contributed by atoms with van der Waals surface area (Å²) >= 11 is 0. The number of ether oxygens (including phenoxy) is 1. The van der Waals surface area contributed by atoms with Crippen molar-refractivity contribution in [3.05, 3.63) is 0 Å². The summed E-state index contributed by atoms with van der Waals surface area (Å²) in [7, 11) is 0. The molecule has 0 spiro atoms. The number of hydrogen-bond acceptors (Lipinski definition) is 3. The van der Waals surface area contributed by atoms with Crippen LogP contribution in [0.25, 0.3) is 0 Å². The maximum absolute atomic E-state index is 12.0. The van der Waals surface area contributed by atoms with Crippen molar-refractivity contribution in [3.63, 3.8) is 0 Å². The Balaban J connectivity index is 3.94. The van der Waals surface area contributed by atoms with E-state index in [0.717, 1.165) is 0 Å². The number of alkyl halides is 3. The zero-order valence-corrected chi connectivity index (χ0v) is 7.25. The molecule has 0 rings (SSSR count). The van der Waals surface area contributed by atoms with E-state index in [2.05, 4.69) is 4.74 Å². The molecule has 0 radical (unpaired) electrons. The van der Waals surface area contributed by atoms with Gasteiger partial charge in [-0.2, -0.15) is 13.2 Å². The van der Waals surface area contributed by atoms with Crippen molar-refractivity contribution in [3.8, 4) is 0 Å². The number of aliphatic hydroxyl groups is 1. The number of carboxylic acids is 1. The lowest BCUT2D eigenvalue weighted by Gasteiger charge is -2.15. The minimum atomic E-state index is -4.80. The highest BCUT2D eigenvalue weighted by molar-refractivity contribution is 5.71. The first-order valence-electron chi connectivity index (χ1n) is 3.87. The van der Waals surface area contributed by atoms with Crippen molar-refractivity contribution in [2.45, 2.75) is 12.6 Å². The average Bonchev–Trinajstić information content (AvgIpc) is 2.01. The molecule has 1 atom stereocenters. The van der Waals surface area contributed by atoms with Crippen LogP contribution >= 0.6 is 0 Å². The lowest BCUT2D eigenvalue weighted by atomic mass is 10.1. The van der Waals surface area contributed by atoms with E-state index >= 15 is 0 Å². The lowest BCUT2D eigenvalue weighted by Crippen LogP contribution is -2.34. The van der Waals surface area contributed by atoms with Gasteiger partial charge in [-0.1, -0.05) is 0 Å². The Kier molecular flexibility index (Phi) is 5.47. The fourth-order valence-electron chi connectivity index (χ4n) is 0.674. The fourth-order valence-corrected chi connectivity index (χ4v) is 0.674. The number of rotatable bonds is 6. The Morgan fingerprint density at radius 3 is 2.36 bits per heavy atom. The van der Waals surface area contributed by atoms with Crippen LogP contribution in [-0.4, -0.2) is 42.2 Å². The number of carboxylic acid groups (broad SMARTS) is 1. The molecule has 0 aliphatic carbocycles.